The van der Waals surface area contributed by atoms with Crippen molar-refractivity contribution in [3.8, 4) is 11.3 Å². The van der Waals surface area contributed by atoms with Gasteiger partial charge in [0.2, 0.25) is 0 Å². The number of amides is 1. The number of carbonyl (C=O) groups is 2. The molecule has 2 atom stereocenters. The summed E-state index contributed by atoms with van der Waals surface area (Å²) in [4.78, 5) is 32.2. The van der Waals surface area contributed by atoms with Crippen molar-refractivity contribution < 1.29 is 19.1 Å². The maximum atomic E-state index is 13.1. The van der Waals surface area contributed by atoms with Gasteiger partial charge in [0.1, 0.15) is 0 Å². The summed E-state index contributed by atoms with van der Waals surface area (Å²) < 4.78 is 11.2. The van der Waals surface area contributed by atoms with Gasteiger partial charge >= 0.3 is 5.97 Å². The Bertz CT molecular complexity index is 1100. The molecule has 1 saturated heterocycles. The van der Waals surface area contributed by atoms with Crippen LogP contribution in [0.4, 0.5) is 0 Å². The zero-order valence-electron chi connectivity index (χ0n) is 18.0. The second kappa shape index (κ2) is 8.86. The van der Waals surface area contributed by atoms with Crippen LogP contribution in [0.5, 0.6) is 0 Å². The molecule has 0 saturated carbocycles. The van der Waals surface area contributed by atoms with Crippen molar-refractivity contribution >= 4 is 22.8 Å². The van der Waals surface area contributed by atoms with Gasteiger partial charge in [-0.25, -0.2) is 9.78 Å². The molecule has 2 unspecified atom stereocenters. The number of hydrogen-bond donors (Lipinski definition) is 0. The van der Waals surface area contributed by atoms with Crippen LogP contribution in [0, 0.1) is 6.92 Å². The number of esters is 1. The smallest absolute Gasteiger partial charge is 0.339 e. The Morgan fingerprint density at radius 1 is 1.03 bits per heavy atom. The highest BCUT2D eigenvalue weighted by molar-refractivity contribution is 6.06. The van der Waals surface area contributed by atoms with Crippen LogP contribution in [0.2, 0.25) is 0 Å². The SMILES string of the molecule is Cc1c(-c2ccccc2)nc2ccccc2c1C(=O)OCC(=O)N1CC(C)OC(C)C1. The number of rotatable bonds is 4. The molecular formula is C25H26N2O4. The van der Waals surface area contributed by atoms with Crippen LogP contribution in [0.1, 0.15) is 29.8 Å². The number of aromatic nitrogens is 1. The third-order valence-corrected chi connectivity index (χ3v) is 5.49. The van der Waals surface area contributed by atoms with Gasteiger partial charge in [0.25, 0.3) is 5.91 Å². The van der Waals surface area contributed by atoms with Gasteiger partial charge in [-0.2, -0.15) is 0 Å². The molecule has 2 heterocycles. The lowest BCUT2D eigenvalue weighted by molar-refractivity contribution is -0.146. The lowest BCUT2D eigenvalue weighted by Gasteiger charge is -2.35. The Balaban J connectivity index is 1.62. The summed E-state index contributed by atoms with van der Waals surface area (Å²) in [6.45, 7) is 6.42. The molecule has 0 bridgehead atoms. The van der Waals surface area contributed by atoms with Crippen molar-refractivity contribution in [2.75, 3.05) is 19.7 Å². The van der Waals surface area contributed by atoms with Crippen LogP contribution in [-0.2, 0) is 14.3 Å². The van der Waals surface area contributed by atoms with Gasteiger partial charge in [-0.1, -0.05) is 48.5 Å². The molecule has 0 spiro atoms. The summed E-state index contributed by atoms with van der Waals surface area (Å²) in [5.41, 5.74) is 3.54. The van der Waals surface area contributed by atoms with Gasteiger partial charge < -0.3 is 14.4 Å². The fourth-order valence-corrected chi connectivity index (χ4v) is 4.12. The van der Waals surface area contributed by atoms with Crippen molar-refractivity contribution in [1.82, 2.24) is 9.88 Å². The zero-order chi connectivity index (χ0) is 22.0. The predicted octanol–water partition coefficient (Wildman–Crippen LogP) is 4.00. The second-order valence-corrected chi connectivity index (χ2v) is 7.98. The zero-order valence-corrected chi connectivity index (χ0v) is 18.0. The first-order chi connectivity index (χ1) is 14.9. The molecule has 1 aromatic heterocycles. The Kier molecular flexibility index (Phi) is 6.00. The van der Waals surface area contributed by atoms with Crippen LogP contribution < -0.4 is 0 Å². The molecule has 4 rings (SSSR count). The number of nitrogens with zero attached hydrogens (tertiary/aromatic N) is 2. The van der Waals surface area contributed by atoms with Gasteiger partial charge in [-0.15, -0.1) is 0 Å². The summed E-state index contributed by atoms with van der Waals surface area (Å²) in [6.07, 6.45) is -0.0774. The standard InChI is InChI=1S/C25H26N2O4/c1-16-13-27(14-17(2)31-16)22(28)15-30-25(29)23-18(3)24(19-9-5-4-6-10-19)26-21-12-8-7-11-20(21)23/h4-12,16-17H,13-15H2,1-3H3. The Hall–Kier alpha value is -3.25. The molecule has 0 N–H and O–H groups in total. The van der Waals surface area contributed by atoms with Crippen molar-refractivity contribution in [3.63, 3.8) is 0 Å². The molecular weight excluding hydrogens is 392 g/mol. The number of pyridine rings is 1. The molecule has 1 fully saturated rings. The molecule has 1 aliphatic rings. The molecule has 6 nitrogen and oxygen atoms in total. The summed E-state index contributed by atoms with van der Waals surface area (Å²) >= 11 is 0. The van der Waals surface area contributed by atoms with Crippen molar-refractivity contribution in [1.29, 1.82) is 0 Å². The maximum absolute atomic E-state index is 13.1. The predicted molar refractivity (Wildman–Crippen MR) is 119 cm³/mol. The summed E-state index contributed by atoms with van der Waals surface area (Å²) in [6, 6.07) is 17.2. The summed E-state index contributed by atoms with van der Waals surface area (Å²) in [7, 11) is 0. The third-order valence-electron chi connectivity index (χ3n) is 5.49. The first kappa shape index (κ1) is 21.0. The number of benzene rings is 2. The topological polar surface area (TPSA) is 68.7 Å². The van der Waals surface area contributed by atoms with E-state index in [9.17, 15) is 9.59 Å². The molecule has 0 radical (unpaired) electrons. The Morgan fingerprint density at radius 2 is 1.68 bits per heavy atom. The second-order valence-electron chi connectivity index (χ2n) is 7.98. The van der Waals surface area contributed by atoms with Gasteiger partial charge in [-0.05, 0) is 32.4 Å². The van der Waals surface area contributed by atoms with E-state index in [0.29, 0.717) is 29.6 Å². The normalized spacial score (nSPS) is 18.7. The average molecular weight is 418 g/mol. The minimum atomic E-state index is -0.518. The Labute approximate surface area is 181 Å². The van der Waals surface area contributed by atoms with Gasteiger partial charge in [0.05, 0.1) is 29.0 Å². The number of ether oxygens (including phenoxy) is 2. The fraction of sp³-hybridized carbons (Fsp3) is 0.320. The lowest BCUT2D eigenvalue weighted by Crippen LogP contribution is -2.49. The third kappa shape index (κ3) is 4.44. The quantitative estimate of drug-likeness (QED) is 0.599. The van der Waals surface area contributed by atoms with Crippen LogP contribution in [-0.4, -0.2) is 53.7 Å². The number of para-hydroxylation sites is 1. The van der Waals surface area contributed by atoms with Gasteiger partial charge in [0, 0.05) is 24.0 Å². The van der Waals surface area contributed by atoms with Crippen LogP contribution in [0.3, 0.4) is 0 Å². The summed E-state index contributed by atoms with van der Waals surface area (Å²) in [5.74, 6) is -0.731. The minimum Gasteiger partial charge on any atom is -0.452 e. The highest BCUT2D eigenvalue weighted by atomic mass is 16.5. The van der Waals surface area contributed by atoms with E-state index in [0.717, 1.165) is 16.8 Å². The highest BCUT2D eigenvalue weighted by Gasteiger charge is 2.27. The largest absolute Gasteiger partial charge is 0.452 e. The molecule has 0 aliphatic carbocycles. The molecule has 1 amide bonds. The van der Waals surface area contributed by atoms with Gasteiger partial charge in [0.15, 0.2) is 6.61 Å². The lowest BCUT2D eigenvalue weighted by atomic mass is 9.98. The van der Waals surface area contributed by atoms with E-state index in [1.165, 1.54) is 0 Å². The first-order valence-corrected chi connectivity index (χ1v) is 10.5. The minimum absolute atomic E-state index is 0.0387. The van der Waals surface area contributed by atoms with Gasteiger partial charge in [-0.3, -0.25) is 4.79 Å². The number of fused-ring (bicyclic) bond motifs is 1. The maximum Gasteiger partial charge on any atom is 0.339 e. The van der Waals surface area contributed by atoms with E-state index < -0.39 is 5.97 Å². The van der Waals surface area contributed by atoms with Crippen molar-refractivity contribution in [3.05, 3.63) is 65.7 Å². The Morgan fingerprint density at radius 3 is 2.39 bits per heavy atom. The van der Waals surface area contributed by atoms with E-state index in [2.05, 4.69) is 0 Å². The molecule has 2 aromatic carbocycles. The summed E-state index contributed by atoms with van der Waals surface area (Å²) in [5, 5.41) is 0.714. The molecule has 31 heavy (non-hydrogen) atoms. The highest BCUT2D eigenvalue weighted by Crippen LogP contribution is 2.30. The monoisotopic (exact) mass is 418 g/mol. The number of carbonyl (C=O) groups excluding carboxylic acids is 2. The number of morpholine rings is 1. The fourth-order valence-electron chi connectivity index (χ4n) is 4.12. The van der Waals surface area contributed by atoms with Crippen molar-refractivity contribution in [2.45, 2.75) is 33.0 Å². The molecule has 3 aromatic rings. The van der Waals surface area contributed by atoms with E-state index >= 15 is 0 Å². The first-order valence-electron chi connectivity index (χ1n) is 10.5. The van der Waals surface area contributed by atoms with Crippen LogP contribution in [0.15, 0.2) is 54.6 Å². The van der Waals surface area contributed by atoms with E-state index in [4.69, 9.17) is 14.5 Å². The van der Waals surface area contributed by atoms with E-state index in [-0.39, 0.29) is 24.7 Å². The van der Waals surface area contributed by atoms with E-state index in [1.807, 2.05) is 75.4 Å². The average Bonchev–Trinajstić information content (AvgIpc) is 2.76. The molecule has 6 heteroatoms. The number of hydrogen-bond acceptors (Lipinski definition) is 5. The van der Waals surface area contributed by atoms with E-state index in [1.54, 1.807) is 4.90 Å². The molecule has 160 valence electrons. The van der Waals surface area contributed by atoms with Crippen LogP contribution in [0.25, 0.3) is 22.2 Å². The van der Waals surface area contributed by atoms with Crippen LogP contribution >= 0.6 is 0 Å². The van der Waals surface area contributed by atoms with Crippen molar-refractivity contribution in [2.24, 2.45) is 0 Å². The molecule has 1 aliphatic heterocycles.